The van der Waals surface area contributed by atoms with Crippen molar-refractivity contribution in [3.05, 3.63) is 35.9 Å². The number of hydrogen-bond donors (Lipinski definition) is 1. The molecular weight excluding hydrogens is 234 g/mol. The molecule has 1 aromatic carbocycles. The highest BCUT2D eigenvalue weighted by molar-refractivity contribution is 5.14. The van der Waals surface area contributed by atoms with Crippen LogP contribution in [0.25, 0.3) is 0 Å². The maximum absolute atomic E-state index is 5.70. The van der Waals surface area contributed by atoms with Gasteiger partial charge in [0.25, 0.3) is 0 Å². The van der Waals surface area contributed by atoms with Crippen LogP contribution in [-0.4, -0.2) is 25.8 Å². The van der Waals surface area contributed by atoms with Gasteiger partial charge in [0.1, 0.15) is 0 Å². The Labute approximate surface area is 118 Å². The molecule has 1 N–H and O–H groups in total. The second-order valence-electron chi connectivity index (χ2n) is 5.53. The van der Waals surface area contributed by atoms with E-state index in [4.69, 9.17) is 4.74 Å². The first kappa shape index (κ1) is 16.2. The summed E-state index contributed by atoms with van der Waals surface area (Å²) in [6.07, 6.45) is 3.68. The van der Waals surface area contributed by atoms with Gasteiger partial charge in [-0.15, -0.1) is 0 Å². The number of nitrogens with one attached hydrogen (secondary N) is 1. The number of benzene rings is 1. The first-order valence-electron chi connectivity index (χ1n) is 7.49. The summed E-state index contributed by atoms with van der Waals surface area (Å²) >= 11 is 0. The number of rotatable bonds is 9. The lowest BCUT2D eigenvalue weighted by molar-refractivity contribution is 0.0308. The molecule has 2 heteroatoms. The van der Waals surface area contributed by atoms with Gasteiger partial charge in [0.05, 0.1) is 6.10 Å². The molecule has 0 spiro atoms. The van der Waals surface area contributed by atoms with Crippen LogP contribution in [0.4, 0.5) is 0 Å². The maximum atomic E-state index is 5.70. The summed E-state index contributed by atoms with van der Waals surface area (Å²) in [7, 11) is 1.83. The summed E-state index contributed by atoms with van der Waals surface area (Å²) < 4.78 is 5.70. The van der Waals surface area contributed by atoms with E-state index in [1.165, 1.54) is 5.56 Å². The van der Waals surface area contributed by atoms with E-state index in [2.05, 4.69) is 56.4 Å². The molecule has 2 unspecified atom stereocenters. The van der Waals surface area contributed by atoms with Crippen molar-refractivity contribution in [1.82, 2.24) is 5.32 Å². The summed E-state index contributed by atoms with van der Waals surface area (Å²) in [6, 6.07) is 11.1. The van der Waals surface area contributed by atoms with Gasteiger partial charge in [-0.05, 0) is 37.3 Å². The standard InChI is InChI=1S/C17H29NO/c1-5-13-18-16(17(19-4)14(2)3)12-11-15-9-7-6-8-10-15/h6-10,14,16-18H,5,11-13H2,1-4H3. The van der Waals surface area contributed by atoms with Gasteiger partial charge in [0, 0.05) is 13.2 Å². The summed E-state index contributed by atoms with van der Waals surface area (Å²) in [5.74, 6) is 0.537. The molecule has 1 aromatic rings. The zero-order valence-corrected chi connectivity index (χ0v) is 12.9. The van der Waals surface area contributed by atoms with E-state index in [0.29, 0.717) is 12.0 Å². The van der Waals surface area contributed by atoms with Crippen LogP contribution >= 0.6 is 0 Å². The predicted molar refractivity (Wildman–Crippen MR) is 82.5 cm³/mol. The van der Waals surface area contributed by atoms with Gasteiger partial charge >= 0.3 is 0 Å². The lowest BCUT2D eigenvalue weighted by Crippen LogP contribution is -2.44. The monoisotopic (exact) mass is 263 g/mol. The number of methoxy groups -OCH3 is 1. The molecule has 0 aromatic heterocycles. The Kier molecular flexibility index (Phi) is 7.76. The van der Waals surface area contributed by atoms with E-state index >= 15 is 0 Å². The smallest absolute Gasteiger partial charge is 0.0747 e. The third kappa shape index (κ3) is 5.75. The molecule has 0 radical (unpaired) electrons. The lowest BCUT2D eigenvalue weighted by atomic mass is 9.94. The van der Waals surface area contributed by atoms with Crippen molar-refractivity contribution in [2.24, 2.45) is 5.92 Å². The van der Waals surface area contributed by atoms with E-state index in [0.717, 1.165) is 25.8 Å². The van der Waals surface area contributed by atoms with Crippen molar-refractivity contribution in [2.75, 3.05) is 13.7 Å². The van der Waals surface area contributed by atoms with Gasteiger partial charge in [-0.1, -0.05) is 51.1 Å². The highest BCUT2D eigenvalue weighted by Crippen LogP contribution is 2.15. The first-order valence-corrected chi connectivity index (χ1v) is 7.49. The lowest BCUT2D eigenvalue weighted by Gasteiger charge is -2.30. The fourth-order valence-corrected chi connectivity index (χ4v) is 2.58. The third-order valence-corrected chi connectivity index (χ3v) is 3.57. The SMILES string of the molecule is CCCNC(CCc1ccccc1)C(OC)C(C)C. The van der Waals surface area contributed by atoms with Crippen LogP contribution in [0.15, 0.2) is 30.3 Å². The van der Waals surface area contributed by atoms with Crippen LogP contribution < -0.4 is 5.32 Å². The van der Waals surface area contributed by atoms with Crippen LogP contribution in [0.1, 0.15) is 39.2 Å². The molecule has 19 heavy (non-hydrogen) atoms. The zero-order chi connectivity index (χ0) is 14.1. The van der Waals surface area contributed by atoms with Gasteiger partial charge in [-0.2, -0.15) is 0 Å². The summed E-state index contributed by atoms with van der Waals surface area (Å²) in [6.45, 7) is 7.74. The van der Waals surface area contributed by atoms with E-state index < -0.39 is 0 Å². The van der Waals surface area contributed by atoms with Crippen LogP contribution in [0, 0.1) is 5.92 Å². The highest BCUT2D eigenvalue weighted by atomic mass is 16.5. The quantitative estimate of drug-likeness (QED) is 0.734. The number of ether oxygens (including phenoxy) is 1. The van der Waals surface area contributed by atoms with Gasteiger partial charge < -0.3 is 10.1 Å². The van der Waals surface area contributed by atoms with Gasteiger partial charge in [0.15, 0.2) is 0 Å². The van der Waals surface area contributed by atoms with Crippen LogP contribution in [0.2, 0.25) is 0 Å². The Morgan fingerprint density at radius 1 is 1.16 bits per heavy atom. The minimum atomic E-state index is 0.287. The average Bonchev–Trinajstić information content (AvgIpc) is 2.42. The Hall–Kier alpha value is -0.860. The van der Waals surface area contributed by atoms with Gasteiger partial charge in [-0.25, -0.2) is 0 Å². The molecule has 0 amide bonds. The van der Waals surface area contributed by atoms with Crippen molar-refractivity contribution < 1.29 is 4.74 Å². The third-order valence-electron chi connectivity index (χ3n) is 3.57. The molecular formula is C17H29NO. The molecule has 0 saturated heterocycles. The Balaban J connectivity index is 2.58. The number of hydrogen-bond acceptors (Lipinski definition) is 2. The Morgan fingerprint density at radius 2 is 1.84 bits per heavy atom. The van der Waals surface area contributed by atoms with E-state index in [-0.39, 0.29) is 6.10 Å². The maximum Gasteiger partial charge on any atom is 0.0747 e. The second kappa shape index (κ2) is 9.11. The van der Waals surface area contributed by atoms with Crippen molar-refractivity contribution in [3.63, 3.8) is 0 Å². The fourth-order valence-electron chi connectivity index (χ4n) is 2.58. The second-order valence-corrected chi connectivity index (χ2v) is 5.53. The van der Waals surface area contributed by atoms with Crippen LogP contribution in [0.3, 0.4) is 0 Å². The molecule has 2 nitrogen and oxygen atoms in total. The van der Waals surface area contributed by atoms with Crippen LogP contribution in [-0.2, 0) is 11.2 Å². The molecule has 0 fully saturated rings. The normalized spacial score (nSPS) is 14.6. The van der Waals surface area contributed by atoms with Gasteiger partial charge in [-0.3, -0.25) is 0 Å². The van der Waals surface area contributed by atoms with E-state index in [1.807, 2.05) is 7.11 Å². The molecule has 0 aliphatic heterocycles. The minimum Gasteiger partial charge on any atom is -0.380 e. The molecule has 0 bridgehead atoms. The Morgan fingerprint density at radius 3 is 2.37 bits per heavy atom. The highest BCUT2D eigenvalue weighted by Gasteiger charge is 2.23. The molecule has 0 aliphatic rings. The topological polar surface area (TPSA) is 21.3 Å². The number of aryl methyl sites for hydroxylation is 1. The molecule has 1 rings (SSSR count). The van der Waals surface area contributed by atoms with Crippen LogP contribution in [0.5, 0.6) is 0 Å². The molecule has 0 heterocycles. The summed E-state index contributed by atoms with van der Waals surface area (Å²) in [4.78, 5) is 0. The zero-order valence-electron chi connectivity index (χ0n) is 12.9. The van der Waals surface area contributed by atoms with Crippen molar-refractivity contribution in [3.8, 4) is 0 Å². The van der Waals surface area contributed by atoms with Crippen molar-refractivity contribution >= 4 is 0 Å². The Bertz CT molecular complexity index is 323. The van der Waals surface area contributed by atoms with Gasteiger partial charge in [0.2, 0.25) is 0 Å². The average molecular weight is 263 g/mol. The predicted octanol–water partition coefficient (Wildman–Crippen LogP) is 3.66. The molecule has 0 saturated carbocycles. The first-order chi connectivity index (χ1) is 9.19. The molecule has 108 valence electrons. The fraction of sp³-hybridized carbons (Fsp3) is 0.647. The van der Waals surface area contributed by atoms with Crippen molar-refractivity contribution in [1.29, 1.82) is 0 Å². The van der Waals surface area contributed by atoms with E-state index in [9.17, 15) is 0 Å². The largest absolute Gasteiger partial charge is 0.380 e. The summed E-state index contributed by atoms with van der Waals surface area (Å²) in [5, 5.41) is 3.65. The molecule has 0 aliphatic carbocycles. The van der Waals surface area contributed by atoms with E-state index in [1.54, 1.807) is 0 Å². The van der Waals surface area contributed by atoms with Crippen molar-refractivity contribution in [2.45, 2.75) is 52.2 Å². The minimum absolute atomic E-state index is 0.287. The molecule has 2 atom stereocenters. The summed E-state index contributed by atoms with van der Waals surface area (Å²) in [5.41, 5.74) is 1.41.